The lowest BCUT2D eigenvalue weighted by atomic mass is 9.98. The second kappa shape index (κ2) is 7.97. The topological polar surface area (TPSA) is 129 Å². The highest BCUT2D eigenvalue weighted by atomic mass is 16.5. The molecule has 0 bridgehead atoms. The quantitative estimate of drug-likeness (QED) is 0.554. The highest BCUT2D eigenvalue weighted by Crippen LogP contribution is 2.18. The van der Waals surface area contributed by atoms with E-state index in [2.05, 4.69) is 25.6 Å². The number of pyridine rings is 1. The molecule has 9 nitrogen and oxygen atoms in total. The Hall–Kier alpha value is -2.62. The van der Waals surface area contributed by atoms with Crippen LogP contribution in [0.25, 0.3) is 0 Å². The molecular weight excluding hydrogens is 326 g/mol. The van der Waals surface area contributed by atoms with Gasteiger partial charge in [-0.05, 0) is 12.1 Å². The third-order valence-electron chi connectivity index (χ3n) is 3.92. The highest BCUT2D eigenvalue weighted by molar-refractivity contribution is 5.93. The molecule has 132 valence electrons. The molecule has 2 aromatic rings. The van der Waals surface area contributed by atoms with E-state index in [9.17, 15) is 15.0 Å². The van der Waals surface area contributed by atoms with Gasteiger partial charge in [0.25, 0.3) is 5.91 Å². The average Bonchev–Trinajstić information content (AvgIpc) is 2.66. The smallest absolute Gasteiger partial charge is 0.252 e. The molecule has 1 saturated heterocycles. The highest BCUT2D eigenvalue weighted by Gasteiger charge is 2.38. The Labute approximate surface area is 144 Å². The van der Waals surface area contributed by atoms with Crippen LogP contribution in [-0.2, 0) is 4.74 Å². The van der Waals surface area contributed by atoms with Crippen LogP contribution in [-0.4, -0.2) is 68.6 Å². The number of nitrogens with one attached hydrogen (secondary N) is 2. The number of aliphatic hydroxyl groups is 2. The molecule has 25 heavy (non-hydrogen) atoms. The zero-order valence-corrected chi connectivity index (χ0v) is 13.3. The minimum atomic E-state index is -1.16. The number of carbonyl (C=O) groups is 1. The number of anilines is 1. The molecule has 2 aromatic heterocycles. The Kier molecular flexibility index (Phi) is 5.49. The molecule has 0 spiro atoms. The van der Waals surface area contributed by atoms with Gasteiger partial charge in [0.1, 0.15) is 24.1 Å². The number of nitrogens with zero attached hydrogens (tertiary/aromatic N) is 3. The van der Waals surface area contributed by atoms with E-state index in [0.29, 0.717) is 11.4 Å². The fourth-order valence-corrected chi connectivity index (χ4v) is 2.55. The zero-order chi connectivity index (χ0) is 17.6. The Morgan fingerprint density at radius 3 is 2.76 bits per heavy atom. The molecule has 3 rings (SSSR count). The summed E-state index contributed by atoms with van der Waals surface area (Å²) in [5.41, 5.74) is 0.413. The molecule has 0 radical (unpaired) electrons. The number of ether oxygens (including phenoxy) is 1. The minimum Gasteiger partial charge on any atom is -0.388 e. The summed E-state index contributed by atoms with van der Waals surface area (Å²) in [7, 11) is 0. The first-order chi connectivity index (χ1) is 12.1. The van der Waals surface area contributed by atoms with E-state index in [1.807, 2.05) is 0 Å². The number of carbonyl (C=O) groups excluding carboxylic acids is 1. The van der Waals surface area contributed by atoms with Gasteiger partial charge in [0.15, 0.2) is 0 Å². The summed E-state index contributed by atoms with van der Waals surface area (Å²) < 4.78 is 5.58. The standard InChI is InChI=1S/C16H19N5O4/c22-14-11(21-13-8-18-4-5-19-13)9-25-12(15(14)23)7-20-16(24)10-2-1-3-17-6-10/h1-6,8,11-12,14-15,22-23H,7,9H2,(H,19,21)(H,20,24)/t11-,12+,14+,15-/m0/s1. The summed E-state index contributed by atoms with van der Waals surface area (Å²) >= 11 is 0. The molecule has 0 aliphatic carbocycles. The van der Waals surface area contributed by atoms with Gasteiger partial charge in [-0.1, -0.05) is 0 Å². The second-order valence-corrected chi connectivity index (χ2v) is 5.65. The van der Waals surface area contributed by atoms with E-state index < -0.39 is 24.4 Å². The van der Waals surface area contributed by atoms with Crippen LogP contribution >= 0.6 is 0 Å². The van der Waals surface area contributed by atoms with E-state index >= 15 is 0 Å². The van der Waals surface area contributed by atoms with Crippen LogP contribution in [0.3, 0.4) is 0 Å². The van der Waals surface area contributed by atoms with Gasteiger partial charge in [0, 0.05) is 31.3 Å². The molecule has 1 fully saturated rings. The van der Waals surface area contributed by atoms with E-state index in [1.54, 1.807) is 18.3 Å². The number of aliphatic hydroxyl groups excluding tert-OH is 2. The number of aromatic nitrogens is 3. The molecule has 0 aromatic carbocycles. The zero-order valence-electron chi connectivity index (χ0n) is 13.3. The first-order valence-corrected chi connectivity index (χ1v) is 7.83. The Balaban J connectivity index is 1.53. The summed E-state index contributed by atoms with van der Waals surface area (Å²) in [6, 6.07) is 2.76. The monoisotopic (exact) mass is 345 g/mol. The second-order valence-electron chi connectivity index (χ2n) is 5.65. The first-order valence-electron chi connectivity index (χ1n) is 7.83. The lowest BCUT2D eigenvalue weighted by Gasteiger charge is -2.38. The van der Waals surface area contributed by atoms with Crippen LogP contribution in [0.2, 0.25) is 0 Å². The fourth-order valence-electron chi connectivity index (χ4n) is 2.55. The fraction of sp³-hybridized carbons (Fsp3) is 0.375. The maximum atomic E-state index is 12.0. The van der Waals surface area contributed by atoms with Gasteiger partial charge >= 0.3 is 0 Å². The first kappa shape index (κ1) is 17.2. The maximum Gasteiger partial charge on any atom is 0.252 e. The third kappa shape index (κ3) is 4.27. The molecule has 0 unspecified atom stereocenters. The number of hydrogen-bond donors (Lipinski definition) is 4. The van der Waals surface area contributed by atoms with Gasteiger partial charge in [-0.15, -0.1) is 0 Å². The van der Waals surface area contributed by atoms with E-state index in [4.69, 9.17) is 4.74 Å². The van der Waals surface area contributed by atoms with Gasteiger partial charge in [-0.25, -0.2) is 4.98 Å². The van der Waals surface area contributed by atoms with Gasteiger partial charge in [0.05, 0.1) is 24.4 Å². The Morgan fingerprint density at radius 2 is 2.04 bits per heavy atom. The predicted molar refractivity (Wildman–Crippen MR) is 87.8 cm³/mol. The van der Waals surface area contributed by atoms with Crippen molar-refractivity contribution >= 4 is 11.7 Å². The van der Waals surface area contributed by atoms with Gasteiger partial charge in [-0.2, -0.15) is 0 Å². The van der Waals surface area contributed by atoms with Gasteiger partial charge < -0.3 is 25.6 Å². The van der Waals surface area contributed by atoms with Crippen molar-refractivity contribution in [3.8, 4) is 0 Å². The van der Waals surface area contributed by atoms with Crippen molar-refractivity contribution in [2.75, 3.05) is 18.5 Å². The van der Waals surface area contributed by atoms with Crippen LogP contribution < -0.4 is 10.6 Å². The van der Waals surface area contributed by atoms with Crippen LogP contribution in [0.5, 0.6) is 0 Å². The Morgan fingerprint density at radius 1 is 1.20 bits per heavy atom. The van der Waals surface area contributed by atoms with E-state index in [1.165, 1.54) is 24.8 Å². The molecule has 4 atom stereocenters. The van der Waals surface area contributed by atoms with Crippen LogP contribution in [0, 0.1) is 0 Å². The summed E-state index contributed by atoms with van der Waals surface area (Å²) in [4.78, 5) is 23.9. The molecule has 9 heteroatoms. The van der Waals surface area contributed by atoms with Crippen molar-refractivity contribution in [1.29, 1.82) is 0 Å². The largest absolute Gasteiger partial charge is 0.388 e. The van der Waals surface area contributed by atoms with Gasteiger partial charge in [-0.3, -0.25) is 14.8 Å². The minimum absolute atomic E-state index is 0.0732. The summed E-state index contributed by atoms with van der Waals surface area (Å²) in [5.74, 6) is 0.156. The lowest BCUT2D eigenvalue weighted by Crippen LogP contribution is -2.58. The number of amides is 1. The van der Waals surface area contributed by atoms with Crippen molar-refractivity contribution < 1.29 is 19.7 Å². The molecule has 0 saturated carbocycles. The predicted octanol–water partition coefficient (Wildman–Crippen LogP) is -0.797. The normalized spacial score (nSPS) is 26.0. The summed E-state index contributed by atoms with van der Waals surface area (Å²) in [6.45, 7) is 0.228. The molecule has 1 aliphatic rings. The molecule has 1 aliphatic heterocycles. The van der Waals surface area contributed by atoms with Crippen molar-refractivity contribution in [3.05, 3.63) is 48.7 Å². The molecule has 3 heterocycles. The maximum absolute atomic E-state index is 12.0. The Bertz CT molecular complexity index is 687. The molecule has 1 amide bonds. The third-order valence-corrected chi connectivity index (χ3v) is 3.92. The average molecular weight is 345 g/mol. The van der Waals surface area contributed by atoms with Crippen molar-refractivity contribution in [1.82, 2.24) is 20.3 Å². The van der Waals surface area contributed by atoms with Crippen LogP contribution in [0.1, 0.15) is 10.4 Å². The van der Waals surface area contributed by atoms with Crippen molar-refractivity contribution in [2.45, 2.75) is 24.4 Å². The summed E-state index contributed by atoms with van der Waals surface area (Å²) in [5, 5.41) is 26.2. The van der Waals surface area contributed by atoms with E-state index in [0.717, 1.165) is 0 Å². The van der Waals surface area contributed by atoms with Crippen LogP contribution in [0.4, 0.5) is 5.82 Å². The van der Waals surface area contributed by atoms with Crippen LogP contribution in [0.15, 0.2) is 43.1 Å². The van der Waals surface area contributed by atoms with Crippen molar-refractivity contribution in [2.24, 2.45) is 0 Å². The summed E-state index contributed by atoms with van der Waals surface area (Å²) in [6.07, 6.45) is 4.65. The molecular formula is C16H19N5O4. The van der Waals surface area contributed by atoms with E-state index in [-0.39, 0.29) is 19.1 Å². The molecule has 4 N–H and O–H groups in total. The SMILES string of the molecule is O=C(NC[C@H]1OC[C@H](Nc2cnccn2)[C@@H](O)[C@H]1O)c1cccnc1. The van der Waals surface area contributed by atoms with Crippen molar-refractivity contribution in [3.63, 3.8) is 0 Å². The number of rotatable bonds is 5. The van der Waals surface area contributed by atoms with Gasteiger partial charge in [0.2, 0.25) is 0 Å². The lowest BCUT2D eigenvalue weighted by molar-refractivity contribution is -0.137. The number of hydrogen-bond acceptors (Lipinski definition) is 8.